The number of aliphatic hydroxyl groups excluding tert-OH is 1. The lowest BCUT2D eigenvalue weighted by Gasteiger charge is -2.21. The maximum Gasteiger partial charge on any atom is 0.472 e. The molecule has 0 aromatic rings. The van der Waals surface area contributed by atoms with Gasteiger partial charge < -0.3 is 33.8 Å². The third-order valence-corrected chi connectivity index (χ3v) is 20.9. The van der Waals surface area contributed by atoms with Crippen molar-refractivity contribution in [3.05, 3.63) is 0 Å². The molecule has 0 aliphatic carbocycles. The first kappa shape index (κ1) is 98.1. The second kappa shape index (κ2) is 73.9. The quantitative estimate of drug-likeness (QED) is 0.0222. The van der Waals surface area contributed by atoms with E-state index in [4.69, 9.17) is 37.0 Å². The number of phosphoric acid groups is 2. The van der Waals surface area contributed by atoms with Crippen LogP contribution in [0, 0.1) is 5.92 Å². The van der Waals surface area contributed by atoms with Gasteiger partial charge in [0.05, 0.1) is 26.4 Å². The molecule has 17 nitrogen and oxygen atoms in total. The van der Waals surface area contributed by atoms with Crippen LogP contribution in [0.3, 0.4) is 0 Å². The molecule has 0 aromatic heterocycles. The van der Waals surface area contributed by atoms with Crippen molar-refractivity contribution in [3.8, 4) is 0 Å². The molecule has 0 heterocycles. The van der Waals surface area contributed by atoms with Gasteiger partial charge in [-0.2, -0.15) is 0 Å². The van der Waals surface area contributed by atoms with Gasteiger partial charge in [0, 0.05) is 25.7 Å². The summed E-state index contributed by atoms with van der Waals surface area (Å²) in [5.74, 6) is -1.31. The predicted molar refractivity (Wildman–Crippen MR) is 409 cm³/mol. The van der Waals surface area contributed by atoms with Crippen LogP contribution in [-0.2, 0) is 65.4 Å². The van der Waals surface area contributed by atoms with Crippen molar-refractivity contribution in [2.24, 2.45) is 5.92 Å². The Balaban J connectivity index is 5.23. The van der Waals surface area contributed by atoms with E-state index in [9.17, 15) is 43.2 Å². The maximum absolute atomic E-state index is 13.1. The molecule has 100 heavy (non-hydrogen) atoms. The minimum atomic E-state index is -4.96. The number of hydrogen-bond donors (Lipinski definition) is 3. The Kier molecular flexibility index (Phi) is 72.5. The van der Waals surface area contributed by atoms with Crippen molar-refractivity contribution in [2.75, 3.05) is 39.6 Å². The number of esters is 4. The third kappa shape index (κ3) is 74.3. The van der Waals surface area contributed by atoms with E-state index in [0.717, 1.165) is 95.8 Å². The Morgan fingerprint density at radius 2 is 0.460 bits per heavy atom. The first-order chi connectivity index (χ1) is 48.5. The van der Waals surface area contributed by atoms with Crippen LogP contribution < -0.4 is 0 Å². The van der Waals surface area contributed by atoms with Crippen LogP contribution in [0.2, 0.25) is 0 Å². The van der Waals surface area contributed by atoms with E-state index in [-0.39, 0.29) is 25.7 Å². The Labute approximate surface area is 613 Å². The van der Waals surface area contributed by atoms with E-state index in [1.54, 1.807) is 0 Å². The number of aliphatic hydroxyl groups is 1. The summed E-state index contributed by atoms with van der Waals surface area (Å²) in [7, 11) is -9.92. The summed E-state index contributed by atoms with van der Waals surface area (Å²) in [6.45, 7) is 7.34. The Hall–Kier alpha value is -1.94. The van der Waals surface area contributed by atoms with Gasteiger partial charge in [-0.25, -0.2) is 9.13 Å². The van der Waals surface area contributed by atoms with E-state index in [0.29, 0.717) is 25.7 Å². The zero-order valence-corrected chi connectivity index (χ0v) is 67.1. The van der Waals surface area contributed by atoms with Gasteiger partial charge in [0.25, 0.3) is 0 Å². The monoisotopic (exact) mass is 1470 g/mol. The average Bonchev–Trinajstić information content (AvgIpc) is 0.958. The summed E-state index contributed by atoms with van der Waals surface area (Å²) in [6, 6.07) is 0. The Morgan fingerprint density at radius 3 is 0.680 bits per heavy atom. The van der Waals surface area contributed by atoms with Crippen molar-refractivity contribution < 1.29 is 80.2 Å². The van der Waals surface area contributed by atoms with Gasteiger partial charge in [-0.3, -0.25) is 37.3 Å². The number of rotatable bonds is 81. The lowest BCUT2D eigenvalue weighted by Crippen LogP contribution is -2.30. The molecule has 594 valence electrons. The summed E-state index contributed by atoms with van der Waals surface area (Å²) in [5, 5.41) is 10.6. The molecule has 0 aromatic carbocycles. The van der Waals surface area contributed by atoms with Gasteiger partial charge in [0.15, 0.2) is 12.2 Å². The van der Waals surface area contributed by atoms with Crippen LogP contribution >= 0.6 is 15.6 Å². The summed E-state index contributed by atoms with van der Waals surface area (Å²) < 4.78 is 68.7. The molecule has 3 N–H and O–H groups in total. The van der Waals surface area contributed by atoms with Gasteiger partial charge >= 0.3 is 39.5 Å². The number of ether oxygens (including phenoxy) is 4. The van der Waals surface area contributed by atoms with Crippen LogP contribution in [0.1, 0.15) is 433 Å². The van der Waals surface area contributed by atoms with Gasteiger partial charge in [-0.1, -0.05) is 381 Å². The fourth-order valence-electron chi connectivity index (χ4n) is 12.6. The second-order valence-electron chi connectivity index (χ2n) is 29.6. The molecule has 0 saturated carbocycles. The van der Waals surface area contributed by atoms with Crippen LogP contribution in [0.4, 0.5) is 0 Å². The van der Waals surface area contributed by atoms with Crippen molar-refractivity contribution in [3.63, 3.8) is 0 Å². The molecule has 0 fully saturated rings. The van der Waals surface area contributed by atoms with Gasteiger partial charge in [-0.05, 0) is 31.6 Å². The molecule has 0 rings (SSSR count). The minimum Gasteiger partial charge on any atom is -0.462 e. The van der Waals surface area contributed by atoms with E-state index < -0.39 is 97.5 Å². The Bertz CT molecular complexity index is 1910. The van der Waals surface area contributed by atoms with Crippen LogP contribution in [-0.4, -0.2) is 96.7 Å². The molecule has 0 amide bonds. The number of hydrogen-bond acceptors (Lipinski definition) is 15. The Morgan fingerprint density at radius 1 is 0.270 bits per heavy atom. The highest BCUT2D eigenvalue weighted by Crippen LogP contribution is 2.45. The van der Waals surface area contributed by atoms with Crippen molar-refractivity contribution in [2.45, 2.75) is 451 Å². The molecule has 19 heteroatoms. The smallest absolute Gasteiger partial charge is 0.462 e. The summed E-state index contributed by atoms with van der Waals surface area (Å²) >= 11 is 0. The SMILES string of the molecule is CCCCCCCCCCCCCCCCCCCCCCC(=O)O[C@H](COC(=O)CCCCCCCCCCCCCCCC(C)C)COP(=O)(O)OC[C@@H](O)COP(=O)(O)OC[C@@H](COC(=O)CCCCCCCCCCCC)OC(=O)CCCCCCCCCCCCCCCC. The third-order valence-electron chi connectivity index (χ3n) is 19.0. The number of carbonyl (C=O) groups excluding carboxylic acids is 4. The van der Waals surface area contributed by atoms with Gasteiger partial charge in [0.2, 0.25) is 0 Å². The number of phosphoric ester groups is 2. The summed E-state index contributed by atoms with van der Waals surface area (Å²) in [6.07, 6.45) is 65.1. The van der Waals surface area contributed by atoms with Crippen molar-refractivity contribution in [1.82, 2.24) is 0 Å². The highest BCUT2D eigenvalue weighted by Gasteiger charge is 2.30. The van der Waals surface area contributed by atoms with Gasteiger partial charge in [-0.15, -0.1) is 0 Å². The summed E-state index contributed by atoms with van der Waals surface area (Å²) in [4.78, 5) is 73.0. The number of unbranched alkanes of at least 4 members (excludes halogenated alkanes) is 53. The standard InChI is InChI=1S/C81H158O17P2/c1-6-9-12-15-18-21-24-26-28-29-30-31-32-33-37-42-47-52-57-62-67-81(86)98-77(71-92-79(84)65-60-55-50-45-40-38-34-35-39-43-48-53-58-63-74(4)5)73-96-100(89,90)94-69-75(82)68-93-99(87,88)95-72-76(70-91-78(83)64-59-54-49-44-23-20-17-14-11-8-3)97-80(85)66-61-56-51-46-41-36-27-25-22-19-16-13-10-7-2/h74-77,82H,6-73H2,1-5H3,(H,87,88)(H,89,90)/t75-,76+,77+/m0/s1. The van der Waals surface area contributed by atoms with E-state index >= 15 is 0 Å². The average molecular weight is 1470 g/mol. The predicted octanol–water partition coefficient (Wildman–Crippen LogP) is 24.4. The minimum absolute atomic E-state index is 0.108. The molecule has 0 aliphatic rings. The molecule has 0 spiro atoms. The maximum atomic E-state index is 13.1. The topological polar surface area (TPSA) is 237 Å². The molecule has 0 bridgehead atoms. The first-order valence-electron chi connectivity index (χ1n) is 42.1. The van der Waals surface area contributed by atoms with E-state index in [1.807, 2.05) is 0 Å². The lowest BCUT2D eigenvalue weighted by atomic mass is 10.0. The molecule has 5 atom stereocenters. The fourth-order valence-corrected chi connectivity index (χ4v) is 14.2. The molecule has 0 saturated heterocycles. The number of carbonyl (C=O) groups is 4. The molecular weight excluding hydrogens is 1310 g/mol. The molecular formula is C81H158O17P2. The second-order valence-corrected chi connectivity index (χ2v) is 32.5. The highest BCUT2D eigenvalue weighted by atomic mass is 31.2. The zero-order chi connectivity index (χ0) is 73.4. The molecule has 0 radical (unpaired) electrons. The van der Waals surface area contributed by atoms with E-state index in [1.165, 1.54) is 257 Å². The van der Waals surface area contributed by atoms with Crippen LogP contribution in [0.25, 0.3) is 0 Å². The molecule has 2 unspecified atom stereocenters. The largest absolute Gasteiger partial charge is 0.472 e. The summed E-state index contributed by atoms with van der Waals surface area (Å²) in [5.41, 5.74) is 0. The molecule has 0 aliphatic heterocycles. The zero-order valence-electron chi connectivity index (χ0n) is 65.3. The van der Waals surface area contributed by atoms with Crippen molar-refractivity contribution in [1.29, 1.82) is 0 Å². The van der Waals surface area contributed by atoms with Crippen LogP contribution in [0.5, 0.6) is 0 Å². The fraction of sp³-hybridized carbons (Fsp3) is 0.951. The van der Waals surface area contributed by atoms with Gasteiger partial charge in [0.1, 0.15) is 19.3 Å². The highest BCUT2D eigenvalue weighted by molar-refractivity contribution is 7.47. The lowest BCUT2D eigenvalue weighted by molar-refractivity contribution is -0.161. The normalized spacial score (nSPS) is 13.8. The van der Waals surface area contributed by atoms with Crippen LogP contribution in [0.15, 0.2) is 0 Å². The first-order valence-corrected chi connectivity index (χ1v) is 45.1. The van der Waals surface area contributed by atoms with Crippen molar-refractivity contribution >= 4 is 39.5 Å². The van der Waals surface area contributed by atoms with E-state index in [2.05, 4.69) is 34.6 Å².